The second kappa shape index (κ2) is 5.23. The van der Waals surface area contributed by atoms with Crippen LogP contribution in [0.1, 0.15) is 26.3 Å². The number of halogens is 1. The van der Waals surface area contributed by atoms with Crippen molar-refractivity contribution in [2.24, 2.45) is 5.41 Å². The van der Waals surface area contributed by atoms with Gasteiger partial charge in [0, 0.05) is 12.1 Å². The Morgan fingerprint density at radius 2 is 1.95 bits per heavy atom. The van der Waals surface area contributed by atoms with E-state index < -0.39 is 11.5 Å². The molecule has 1 atom stereocenters. The van der Waals surface area contributed by atoms with Gasteiger partial charge in [-0.1, -0.05) is 39.0 Å². The van der Waals surface area contributed by atoms with Crippen LogP contribution >= 0.6 is 0 Å². The van der Waals surface area contributed by atoms with Crippen LogP contribution in [0.2, 0.25) is 0 Å². The Morgan fingerprint density at radius 3 is 2.55 bits per heavy atom. The highest BCUT2D eigenvalue weighted by Crippen LogP contribution is 2.28. The molecule has 1 saturated heterocycles. The van der Waals surface area contributed by atoms with E-state index in [0.717, 1.165) is 0 Å². The monoisotopic (exact) mass is 278 g/mol. The number of benzene rings is 1. The highest BCUT2D eigenvalue weighted by atomic mass is 19.1. The SMILES string of the molecule is CC(C)(C)C1C(=O)NCC(=O)N1Cc1ccccc1F. The Labute approximate surface area is 118 Å². The van der Waals surface area contributed by atoms with E-state index in [2.05, 4.69) is 5.32 Å². The molecule has 1 heterocycles. The van der Waals surface area contributed by atoms with Crippen molar-refractivity contribution >= 4 is 11.8 Å². The van der Waals surface area contributed by atoms with Gasteiger partial charge in [0.2, 0.25) is 11.8 Å². The van der Waals surface area contributed by atoms with E-state index in [1.807, 2.05) is 20.8 Å². The van der Waals surface area contributed by atoms with E-state index in [1.165, 1.54) is 11.0 Å². The molecule has 0 saturated carbocycles. The van der Waals surface area contributed by atoms with Gasteiger partial charge in [-0.25, -0.2) is 4.39 Å². The lowest BCUT2D eigenvalue weighted by atomic mass is 9.83. The van der Waals surface area contributed by atoms with E-state index in [0.29, 0.717) is 5.56 Å². The van der Waals surface area contributed by atoms with E-state index in [4.69, 9.17) is 0 Å². The molecule has 1 aromatic rings. The molecule has 5 heteroatoms. The summed E-state index contributed by atoms with van der Waals surface area (Å²) in [6.07, 6.45) is 0. The first-order valence-corrected chi connectivity index (χ1v) is 6.61. The number of carbonyl (C=O) groups excluding carboxylic acids is 2. The number of nitrogens with zero attached hydrogens (tertiary/aromatic N) is 1. The standard InChI is InChI=1S/C15H19FN2O2/c1-15(2,3)13-14(20)17-8-12(19)18(13)9-10-6-4-5-7-11(10)16/h4-7,13H,8-9H2,1-3H3,(H,17,20). The number of carbonyl (C=O) groups is 2. The molecule has 1 aliphatic rings. The van der Waals surface area contributed by atoms with Gasteiger partial charge in [-0.05, 0) is 11.5 Å². The molecule has 0 radical (unpaired) electrons. The summed E-state index contributed by atoms with van der Waals surface area (Å²) in [6.45, 7) is 5.76. The molecule has 1 aromatic carbocycles. The molecule has 2 rings (SSSR count). The molecule has 1 N–H and O–H groups in total. The van der Waals surface area contributed by atoms with E-state index in [9.17, 15) is 14.0 Å². The molecule has 2 amide bonds. The highest BCUT2D eigenvalue weighted by Gasteiger charge is 2.42. The fraction of sp³-hybridized carbons (Fsp3) is 0.467. The van der Waals surface area contributed by atoms with Gasteiger partial charge < -0.3 is 10.2 Å². The Hall–Kier alpha value is -1.91. The summed E-state index contributed by atoms with van der Waals surface area (Å²) >= 11 is 0. The van der Waals surface area contributed by atoms with Gasteiger partial charge in [-0.3, -0.25) is 9.59 Å². The van der Waals surface area contributed by atoms with Crippen LogP contribution in [-0.4, -0.2) is 29.3 Å². The maximum atomic E-state index is 13.8. The lowest BCUT2D eigenvalue weighted by molar-refractivity contribution is -0.150. The average molecular weight is 278 g/mol. The molecule has 1 unspecified atom stereocenters. The zero-order valence-corrected chi connectivity index (χ0v) is 11.9. The predicted molar refractivity (Wildman–Crippen MR) is 73.2 cm³/mol. The molecule has 20 heavy (non-hydrogen) atoms. The van der Waals surface area contributed by atoms with Crippen LogP contribution in [0.4, 0.5) is 4.39 Å². The Morgan fingerprint density at radius 1 is 1.30 bits per heavy atom. The minimum Gasteiger partial charge on any atom is -0.345 e. The first kappa shape index (κ1) is 14.5. The van der Waals surface area contributed by atoms with Crippen molar-refractivity contribution < 1.29 is 14.0 Å². The number of hydrogen-bond acceptors (Lipinski definition) is 2. The van der Waals surface area contributed by atoms with E-state index in [1.54, 1.807) is 18.2 Å². The Kier molecular flexibility index (Phi) is 3.79. The van der Waals surface area contributed by atoms with Crippen molar-refractivity contribution in [3.8, 4) is 0 Å². The normalized spacial score (nSPS) is 20.0. The molecule has 0 spiro atoms. The summed E-state index contributed by atoms with van der Waals surface area (Å²) < 4.78 is 13.8. The lowest BCUT2D eigenvalue weighted by Crippen LogP contribution is -2.62. The smallest absolute Gasteiger partial charge is 0.243 e. The third kappa shape index (κ3) is 2.81. The van der Waals surface area contributed by atoms with Gasteiger partial charge in [0.15, 0.2) is 0 Å². The molecule has 4 nitrogen and oxygen atoms in total. The van der Waals surface area contributed by atoms with Gasteiger partial charge in [0.05, 0.1) is 6.54 Å². The summed E-state index contributed by atoms with van der Waals surface area (Å²) in [5.74, 6) is -0.736. The quantitative estimate of drug-likeness (QED) is 0.895. The fourth-order valence-corrected chi connectivity index (χ4v) is 2.50. The van der Waals surface area contributed by atoms with Gasteiger partial charge in [-0.15, -0.1) is 0 Å². The van der Waals surface area contributed by atoms with Gasteiger partial charge >= 0.3 is 0 Å². The number of amides is 2. The van der Waals surface area contributed by atoms with Crippen LogP contribution in [0.3, 0.4) is 0 Å². The molecule has 1 fully saturated rings. The largest absolute Gasteiger partial charge is 0.345 e. The molecule has 0 aliphatic carbocycles. The maximum absolute atomic E-state index is 13.8. The number of hydrogen-bond donors (Lipinski definition) is 1. The molecular formula is C15H19FN2O2. The van der Waals surface area contributed by atoms with Crippen molar-refractivity contribution in [3.05, 3.63) is 35.6 Å². The van der Waals surface area contributed by atoms with Crippen LogP contribution in [0.15, 0.2) is 24.3 Å². The summed E-state index contributed by atoms with van der Waals surface area (Å²) in [5, 5.41) is 2.59. The molecule has 108 valence electrons. The van der Waals surface area contributed by atoms with Gasteiger partial charge in [-0.2, -0.15) is 0 Å². The van der Waals surface area contributed by atoms with Gasteiger partial charge in [0.1, 0.15) is 11.9 Å². The van der Waals surface area contributed by atoms with E-state index in [-0.39, 0.29) is 30.7 Å². The second-order valence-corrected chi connectivity index (χ2v) is 6.10. The zero-order chi connectivity index (χ0) is 14.9. The number of rotatable bonds is 2. The van der Waals surface area contributed by atoms with Crippen molar-refractivity contribution in [1.29, 1.82) is 0 Å². The Balaban J connectivity index is 2.32. The van der Waals surface area contributed by atoms with Crippen LogP contribution in [0, 0.1) is 11.2 Å². The van der Waals surface area contributed by atoms with Crippen LogP contribution < -0.4 is 5.32 Å². The van der Waals surface area contributed by atoms with E-state index >= 15 is 0 Å². The highest BCUT2D eigenvalue weighted by molar-refractivity contribution is 5.95. The first-order valence-electron chi connectivity index (χ1n) is 6.61. The second-order valence-electron chi connectivity index (χ2n) is 6.10. The molecule has 0 bridgehead atoms. The average Bonchev–Trinajstić information content (AvgIpc) is 2.35. The topological polar surface area (TPSA) is 49.4 Å². The summed E-state index contributed by atoms with van der Waals surface area (Å²) in [4.78, 5) is 25.6. The van der Waals surface area contributed by atoms with Crippen LogP contribution in [0.5, 0.6) is 0 Å². The maximum Gasteiger partial charge on any atom is 0.243 e. The summed E-state index contributed by atoms with van der Waals surface area (Å²) in [6, 6.07) is 5.72. The van der Waals surface area contributed by atoms with Crippen molar-refractivity contribution in [2.45, 2.75) is 33.4 Å². The molecular weight excluding hydrogens is 259 g/mol. The number of nitrogens with one attached hydrogen (secondary N) is 1. The number of piperazine rings is 1. The van der Waals surface area contributed by atoms with Gasteiger partial charge in [0.25, 0.3) is 0 Å². The lowest BCUT2D eigenvalue weighted by Gasteiger charge is -2.42. The minimum absolute atomic E-state index is 0.0279. The summed E-state index contributed by atoms with van der Waals surface area (Å²) in [5.41, 5.74) is 0.00982. The first-order chi connectivity index (χ1) is 9.30. The van der Waals surface area contributed by atoms with Crippen LogP contribution in [-0.2, 0) is 16.1 Å². The van der Waals surface area contributed by atoms with Crippen molar-refractivity contribution in [2.75, 3.05) is 6.54 Å². The van der Waals surface area contributed by atoms with Crippen molar-refractivity contribution in [1.82, 2.24) is 10.2 Å². The minimum atomic E-state index is -0.594. The Bertz CT molecular complexity index is 537. The summed E-state index contributed by atoms with van der Waals surface area (Å²) in [7, 11) is 0. The van der Waals surface area contributed by atoms with Crippen LogP contribution in [0.25, 0.3) is 0 Å². The fourth-order valence-electron chi connectivity index (χ4n) is 2.50. The molecule has 1 aliphatic heterocycles. The third-order valence-corrected chi connectivity index (χ3v) is 3.41. The molecule has 0 aromatic heterocycles. The third-order valence-electron chi connectivity index (χ3n) is 3.41. The predicted octanol–water partition coefficient (Wildman–Crippen LogP) is 1.70. The van der Waals surface area contributed by atoms with Crippen molar-refractivity contribution in [3.63, 3.8) is 0 Å². The zero-order valence-electron chi connectivity index (χ0n) is 11.9.